The zero-order chi connectivity index (χ0) is 16.9. The van der Waals surface area contributed by atoms with Gasteiger partial charge in [0.15, 0.2) is 0 Å². The number of aryl methyl sites for hydroxylation is 1. The van der Waals surface area contributed by atoms with Crippen LogP contribution in [0.3, 0.4) is 0 Å². The third-order valence-electron chi connectivity index (χ3n) is 5.14. The molecule has 0 radical (unpaired) electrons. The molecule has 0 N–H and O–H groups in total. The maximum absolute atomic E-state index is 12.6. The molecule has 3 heterocycles. The van der Waals surface area contributed by atoms with E-state index in [2.05, 4.69) is 22.7 Å². The van der Waals surface area contributed by atoms with Gasteiger partial charge in [-0.15, -0.1) is 0 Å². The molecule has 0 bridgehead atoms. The Morgan fingerprint density at radius 1 is 1.33 bits per heavy atom. The molecule has 3 rings (SSSR count). The van der Waals surface area contributed by atoms with Crippen molar-refractivity contribution in [1.82, 2.24) is 19.4 Å². The van der Waals surface area contributed by atoms with Gasteiger partial charge < -0.3 is 14.4 Å². The monoisotopic (exact) mass is 332 g/mol. The van der Waals surface area contributed by atoms with E-state index in [4.69, 9.17) is 0 Å². The number of likely N-dealkylation sites (tertiary alicyclic amines) is 2. The van der Waals surface area contributed by atoms with Crippen molar-refractivity contribution >= 4 is 11.8 Å². The van der Waals surface area contributed by atoms with Crippen LogP contribution in [0, 0.1) is 0 Å². The van der Waals surface area contributed by atoms with Crippen molar-refractivity contribution in [3.63, 3.8) is 0 Å². The molecule has 132 valence electrons. The number of rotatable bonds is 6. The van der Waals surface area contributed by atoms with Crippen LogP contribution >= 0.6 is 0 Å². The minimum Gasteiger partial charge on any atom is -0.340 e. The molecule has 1 aromatic rings. The van der Waals surface area contributed by atoms with Crippen LogP contribution in [0.25, 0.3) is 0 Å². The third kappa shape index (κ3) is 3.79. The average Bonchev–Trinajstić information content (AvgIpc) is 3.22. The standard InChI is InChI=1S/C18H28N4O2/c1-2-3-9-20-12-8-19-18(20)15-6-4-10-21(13-15)17(24)14-22-11-5-7-16(22)23/h8,12,15H,2-7,9-11,13-14H2,1H3. The number of nitrogens with zero attached hydrogens (tertiary/aromatic N) is 4. The average molecular weight is 332 g/mol. The van der Waals surface area contributed by atoms with E-state index in [1.807, 2.05) is 11.1 Å². The number of amides is 2. The van der Waals surface area contributed by atoms with Gasteiger partial charge in [0.05, 0.1) is 6.54 Å². The smallest absolute Gasteiger partial charge is 0.242 e. The second kappa shape index (κ2) is 7.81. The third-order valence-corrected chi connectivity index (χ3v) is 5.14. The highest BCUT2D eigenvalue weighted by molar-refractivity contribution is 5.86. The summed E-state index contributed by atoms with van der Waals surface area (Å²) in [6, 6.07) is 0. The van der Waals surface area contributed by atoms with Gasteiger partial charge in [0, 0.05) is 50.9 Å². The summed E-state index contributed by atoms with van der Waals surface area (Å²) < 4.78 is 2.24. The largest absolute Gasteiger partial charge is 0.340 e. The maximum Gasteiger partial charge on any atom is 0.242 e. The summed E-state index contributed by atoms with van der Waals surface area (Å²) in [5, 5.41) is 0. The topological polar surface area (TPSA) is 58.4 Å². The molecular formula is C18H28N4O2. The van der Waals surface area contributed by atoms with Crippen LogP contribution in [-0.4, -0.2) is 57.3 Å². The van der Waals surface area contributed by atoms with Crippen LogP contribution in [0.2, 0.25) is 0 Å². The Morgan fingerprint density at radius 2 is 2.21 bits per heavy atom. The van der Waals surface area contributed by atoms with Gasteiger partial charge in [-0.25, -0.2) is 4.98 Å². The number of carbonyl (C=O) groups is 2. The molecule has 0 aromatic carbocycles. The lowest BCUT2D eigenvalue weighted by molar-refractivity contribution is -0.139. The number of piperidine rings is 1. The van der Waals surface area contributed by atoms with Crippen molar-refractivity contribution in [1.29, 1.82) is 0 Å². The van der Waals surface area contributed by atoms with Crippen LogP contribution in [0.4, 0.5) is 0 Å². The van der Waals surface area contributed by atoms with Crippen LogP contribution < -0.4 is 0 Å². The lowest BCUT2D eigenvalue weighted by Gasteiger charge is -2.33. The summed E-state index contributed by atoms with van der Waals surface area (Å²) in [4.78, 5) is 32.5. The van der Waals surface area contributed by atoms with E-state index in [-0.39, 0.29) is 18.4 Å². The number of carbonyl (C=O) groups excluding carboxylic acids is 2. The summed E-state index contributed by atoms with van der Waals surface area (Å²) in [6.45, 7) is 5.69. The van der Waals surface area contributed by atoms with Gasteiger partial charge in [0.1, 0.15) is 5.82 Å². The van der Waals surface area contributed by atoms with E-state index in [1.165, 1.54) is 0 Å². The first kappa shape index (κ1) is 17.0. The summed E-state index contributed by atoms with van der Waals surface area (Å²) >= 11 is 0. The zero-order valence-corrected chi connectivity index (χ0v) is 14.6. The van der Waals surface area contributed by atoms with Crippen molar-refractivity contribution in [2.24, 2.45) is 0 Å². The van der Waals surface area contributed by atoms with Crippen molar-refractivity contribution in [3.8, 4) is 0 Å². The predicted molar refractivity (Wildman–Crippen MR) is 91.5 cm³/mol. The summed E-state index contributed by atoms with van der Waals surface area (Å²) in [5.74, 6) is 1.62. The molecule has 6 nitrogen and oxygen atoms in total. The summed E-state index contributed by atoms with van der Waals surface area (Å²) in [5.41, 5.74) is 0. The second-order valence-electron chi connectivity index (χ2n) is 6.93. The Balaban J connectivity index is 1.60. The second-order valence-corrected chi connectivity index (χ2v) is 6.93. The van der Waals surface area contributed by atoms with E-state index < -0.39 is 0 Å². The van der Waals surface area contributed by atoms with E-state index in [1.54, 1.807) is 4.90 Å². The Labute approximate surface area is 143 Å². The van der Waals surface area contributed by atoms with Gasteiger partial charge in [-0.05, 0) is 25.7 Å². The maximum atomic E-state index is 12.6. The molecule has 2 fully saturated rings. The molecule has 1 aromatic heterocycles. The van der Waals surface area contributed by atoms with E-state index in [0.29, 0.717) is 12.3 Å². The normalized spacial score (nSPS) is 21.5. The quantitative estimate of drug-likeness (QED) is 0.801. The lowest BCUT2D eigenvalue weighted by Crippen LogP contribution is -2.45. The molecule has 2 amide bonds. The van der Waals surface area contributed by atoms with E-state index >= 15 is 0 Å². The molecule has 2 saturated heterocycles. The zero-order valence-electron chi connectivity index (χ0n) is 14.6. The van der Waals surface area contributed by atoms with Gasteiger partial charge in [-0.1, -0.05) is 13.3 Å². The van der Waals surface area contributed by atoms with Gasteiger partial charge in [-0.3, -0.25) is 9.59 Å². The Kier molecular flexibility index (Phi) is 5.53. The molecule has 0 saturated carbocycles. The van der Waals surface area contributed by atoms with Gasteiger partial charge in [-0.2, -0.15) is 0 Å². The Morgan fingerprint density at radius 3 is 2.96 bits per heavy atom. The first-order valence-corrected chi connectivity index (χ1v) is 9.25. The highest BCUT2D eigenvalue weighted by Crippen LogP contribution is 2.26. The van der Waals surface area contributed by atoms with Crippen molar-refractivity contribution in [2.45, 2.75) is 57.9 Å². The Hall–Kier alpha value is -1.85. The lowest BCUT2D eigenvalue weighted by atomic mass is 9.97. The molecule has 1 atom stereocenters. The van der Waals surface area contributed by atoms with Crippen LogP contribution in [0.5, 0.6) is 0 Å². The SMILES string of the molecule is CCCCn1ccnc1C1CCCN(C(=O)CN2CCCC2=O)C1. The minimum absolute atomic E-state index is 0.0848. The number of hydrogen-bond donors (Lipinski definition) is 0. The van der Waals surface area contributed by atoms with Crippen molar-refractivity contribution in [3.05, 3.63) is 18.2 Å². The highest BCUT2D eigenvalue weighted by Gasteiger charge is 2.30. The minimum atomic E-state index is 0.0848. The Bertz CT molecular complexity index is 583. The molecular weight excluding hydrogens is 304 g/mol. The molecule has 1 unspecified atom stereocenters. The number of imidazole rings is 1. The highest BCUT2D eigenvalue weighted by atomic mass is 16.2. The first-order valence-electron chi connectivity index (χ1n) is 9.25. The van der Waals surface area contributed by atoms with Gasteiger partial charge in [0.2, 0.25) is 11.8 Å². The number of aromatic nitrogens is 2. The van der Waals surface area contributed by atoms with Gasteiger partial charge in [0.25, 0.3) is 0 Å². The van der Waals surface area contributed by atoms with Crippen molar-refractivity contribution < 1.29 is 9.59 Å². The van der Waals surface area contributed by atoms with Crippen LogP contribution in [0.1, 0.15) is 57.2 Å². The molecule has 24 heavy (non-hydrogen) atoms. The molecule has 0 aliphatic carbocycles. The summed E-state index contributed by atoms with van der Waals surface area (Å²) in [6.07, 6.45) is 9.78. The number of hydrogen-bond acceptors (Lipinski definition) is 3. The first-order chi connectivity index (χ1) is 11.7. The predicted octanol–water partition coefficient (Wildman–Crippen LogP) is 2.01. The number of unbranched alkanes of at least 4 members (excludes halogenated alkanes) is 1. The molecule has 0 spiro atoms. The summed E-state index contributed by atoms with van der Waals surface area (Å²) in [7, 11) is 0. The molecule has 6 heteroatoms. The van der Waals surface area contributed by atoms with Crippen molar-refractivity contribution in [2.75, 3.05) is 26.2 Å². The van der Waals surface area contributed by atoms with Crippen LogP contribution in [-0.2, 0) is 16.1 Å². The van der Waals surface area contributed by atoms with E-state index in [9.17, 15) is 9.59 Å². The fourth-order valence-corrected chi connectivity index (χ4v) is 3.75. The fraction of sp³-hybridized carbons (Fsp3) is 0.722. The van der Waals surface area contributed by atoms with Crippen LogP contribution in [0.15, 0.2) is 12.4 Å². The molecule has 2 aliphatic rings. The fourth-order valence-electron chi connectivity index (χ4n) is 3.75. The molecule has 2 aliphatic heterocycles. The van der Waals surface area contributed by atoms with Gasteiger partial charge >= 0.3 is 0 Å². The van der Waals surface area contributed by atoms with E-state index in [0.717, 1.165) is 64.1 Å².